The van der Waals surface area contributed by atoms with E-state index in [0.717, 1.165) is 5.56 Å². The molecule has 0 aliphatic carbocycles. The van der Waals surface area contributed by atoms with Gasteiger partial charge in [-0.15, -0.1) is 0 Å². The number of imide groups is 1. The van der Waals surface area contributed by atoms with Gasteiger partial charge >= 0.3 is 12.0 Å². The largest absolute Gasteiger partial charge is 0.459 e. The van der Waals surface area contributed by atoms with Crippen LogP contribution in [0.15, 0.2) is 60.7 Å². The molecule has 2 fully saturated rings. The van der Waals surface area contributed by atoms with Crippen LogP contribution in [0, 0.1) is 0 Å². The van der Waals surface area contributed by atoms with Crippen molar-refractivity contribution in [1.82, 2.24) is 9.80 Å². The fraction of sp³-hybridized carbons (Fsp3) is 0.286. The Bertz CT molecular complexity index is 853. The molecule has 1 unspecified atom stereocenters. The molecule has 2 aromatic rings. The van der Waals surface area contributed by atoms with E-state index in [9.17, 15) is 14.4 Å². The maximum atomic E-state index is 12.8. The van der Waals surface area contributed by atoms with Crippen molar-refractivity contribution in [1.29, 1.82) is 0 Å². The smallest absolute Gasteiger partial charge is 0.329 e. The average Bonchev–Trinajstić information content (AvgIpc) is 2.97. The van der Waals surface area contributed by atoms with E-state index in [1.165, 1.54) is 9.80 Å². The minimum Gasteiger partial charge on any atom is -0.459 e. The van der Waals surface area contributed by atoms with Crippen molar-refractivity contribution in [3.05, 3.63) is 71.8 Å². The van der Waals surface area contributed by atoms with E-state index in [1.807, 2.05) is 36.4 Å². The first-order valence-corrected chi connectivity index (χ1v) is 9.05. The van der Waals surface area contributed by atoms with Gasteiger partial charge in [-0.05, 0) is 30.5 Å². The van der Waals surface area contributed by atoms with E-state index in [1.54, 1.807) is 24.3 Å². The van der Waals surface area contributed by atoms with Crippen molar-refractivity contribution in [2.24, 2.45) is 0 Å². The minimum atomic E-state index is -0.633. The van der Waals surface area contributed by atoms with Gasteiger partial charge < -0.3 is 9.64 Å². The number of urea groups is 1. The Balaban J connectivity index is 1.44. The predicted molar refractivity (Wildman–Crippen MR) is 97.8 cm³/mol. The summed E-state index contributed by atoms with van der Waals surface area (Å²) in [6.07, 6.45) is 1.11. The van der Waals surface area contributed by atoms with Gasteiger partial charge in [0.15, 0.2) is 0 Å². The Morgan fingerprint density at radius 1 is 0.963 bits per heavy atom. The summed E-state index contributed by atoms with van der Waals surface area (Å²) >= 11 is 0. The van der Waals surface area contributed by atoms with E-state index in [-0.39, 0.29) is 18.6 Å². The summed E-state index contributed by atoms with van der Waals surface area (Å²) in [6, 6.07) is 16.9. The van der Waals surface area contributed by atoms with E-state index < -0.39 is 18.0 Å². The zero-order valence-electron chi connectivity index (χ0n) is 14.8. The molecular weight excluding hydrogens is 344 g/mol. The Labute approximate surface area is 157 Å². The second kappa shape index (κ2) is 7.23. The zero-order valence-corrected chi connectivity index (χ0v) is 14.8. The number of benzene rings is 2. The van der Waals surface area contributed by atoms with Crippen molar-refractivity contribution in [3.63, 3.8) is 0 Å². The molecule has 27 heavy (non-hydrogen) atoms. The van der Waals surface area contributed by atoms with Crippen LogP contribution in [0.2, 0.25) is 0 Å². The fourth-order valence-corrected chi connectivity index (χ4v) is 3.71. The van der Waals surface area contributed by atoms with Crippen LogP contribution < -0.4 is 0 Å². The van der Waals surface area contributed by atoms with Gasteiger partial charge in [0.1, 0.15) is 12.6 Å². The zero-order chi connectivity index (χ0) is 18.8. The molecule has 0 aromatic heterocycles. The van der Waals surface area contributed by atoms with Crippen LogP contribution in [0.4, 0.5) is 4.79 Å². The Morgan fingerprint density at radius 2 is 1.63 bits per heavy atom. The third-order valence-electron chi connectivity index (χ3n) is 5.11. The monoisotopic (exact) mass is 364 g/mol. The molecule has 0 saturated carbocycles. The summed E-state index contributed by atoms with van der Waals surface area (Å²) in [5.74, 6) is -0.730. The third-order valence-corrected chi connectivity index (χ3v) is 5.11. The first-order chi connectivity index (χ1) is 13.1. The van der Waals surface area contributed by atoms with E-state index in [4.69, 9.17) is 4.74 Å². The number of carbonyl (C=O) groups excluding carboxylic acids is 3. The van der Waals surface area contributed by atoms with Gasteiger partial charge in [0, 0.05) is 12.1 Å². The highest BCUT2D eigenvalue weighted by Gasteiger charge is 2.49. The van der Waals surface area contributed by atoms with Gasteiger partial charge in [-0.3, -0.25) is 9.69 Å². The van der Waals surface area contributed by atoms with Crippen LogP contribution in [0.5, 0.6) is 0 Å². The summed E-state index contributed by atoms with van der Waals surface area (Å²) in [4.78, 5) is 40.9. The van der Waals surface area contributed by atoms with Crippen LogP contribution >= 0.6 is 0 Å². The SMILES string of the molecule is O=C(OCc1ccccc1)C1CC[C@@H]2CN1C(=O)N2C(=O)c1ccccc1. The molecule has 2 aromatic carbocycles. The number of ether oxygens (including phenoxy) is 1. The molecule has 2 bridgehead atoms. The van der Waals surface area contributed by atoms with Gasteiger partial charge in [-0.2, -0.15) is 0 Å². The van der Waals surface area contributed by atoms with Gasteiger partial charge in [-0.1, -0.05) is 48.5 Å². The third kappa shape index (κ3) is 3.30. The molecule has 0 spiro atoms. The topological polar surface area (TPSA) is 66.9 Å². The second-order valence-corrected chi connectivity index (χ2v) is 6.82. The summed E-state index contributed by atoms with van der Waals surface area (Å²) in [7, 11) is 0. The Morgan fingerprint density at radius 3 is 2.33 bits per heavy atom. The maximum absolute atomic E-state index is 12.8. The van der Waals surface area contributed by atoms with Gasteiger partial charge in [0.2, 0.25) is 0 Å². The van der Waals surface area contributed by atoms with E-state index >= 15 is 0 Å². The highest BCUT2D eigenvalue weighted by molar-refractivity contribution is 6.06. The van der Waals surface area contributed by atoms with Crippen LogP contribution in [0.25, 0.3) is 0 Å². The fourth-order valence-electron chi connectivity index (χ4n) is 3.71. The van der Waals surface area contributed by atoms with Crippen molar-refractivity contribution in [2.45, 2.75) is 31.5 Å². The molecule has 6 nitrogen and oxygen atoms in total. The number of piperidine rings is 1. The lowest BCUT2D eigenvalue weighted by molar-refractivity contribution is -0.151. The molecule has 2 aliphatic rings. The molecule has 2 aliphatic heterocycles. The van der Waals surface area contributed by atoms with E-state index in [2.05, 4.69) is 0 Å². The number of esters is 1. The molecule has 0 radical (unpaired) electrons. The summed E-state index contributed by atoms with van der Waals surface area (Å²) in [5.41, 5.74) is 1.37. The van der Waals surface area contributed by atoms with Crippen molar-refractivity contribution >= 4 is 17.9 Å². The minimum absolute atomic E-state index is 0.175. The van der Waals surface area contributed by atoms with Crippen molar-refractivity contribution in [3.8, 4) is 0 Å². The predicted octanol–water partition coefficient (Wildman–Crippen LogP) is 2.84. The van der Waals surface area contributed by atoms with Crippen LogP contribution in [-0.4, -0.2) is 46.3 Å². The highest BCUT2D eigenvalue weighted by atomic mass is 16.5. The molecule has 2 saturated heterocycles. The standard InChI is InChI=1S/C21H20N2O4/c24-19(16-9-5-2-6-10-16)23-17-11-12-18(22(13-17)21(23)26)20(25)27-14-15-7-3-1-4-8-15/h1-10,17-18H,11-14H2/t17-,18?/m1/s1. The number of hydrogen-bond acceptors (Lipinski definition) is 4. The second-order valence-electron chi connectivity index (χ2n) is 6.82. The summed E-state index contributed by atoms with van der Waals surface area (Å²) in [5, 5.41) is 0. The molecule has 2 atom stereocenters. The molecule has 2 heterocycles. The first kappa shape index (κ1) is 17.3. The molecular formula is C21H20N2O4. The van der Waals surface area contributed by atoms with E-state index in [0.29, 0.717) is 24.9 Å². The number of hydrogen-bond donors (Lipinski definition) is 0. The number of rotatable bonds is 4. The van der Waals surface area contributed by atoms with Crippen molar-refractivity contribution < 1.29 is 19.1 Å². The maximum Gasteiger partial charge on any atom is 0.329 e. The van der Waals surface area contributed by atoms with Gasteiger partial charge in [0.25, 0.3) is 5.91 Å². The first-order valence-electron chi connectivity index (χ1n) is 9.05. The lowest BCUT2D eigenvalue weighted by atomic mass is 10.0. The van der Waals surface area contributed by atoms with Gasteiger partial charge in [-0.25, -0.2) is 9.59 Å². The average molecular weight is 364 g/mol. The number of amides is 3. The lowest BCUT2D eigenvalue weighted by Crippen LogP contribution is -2.45. The summed E-state index contributed by atoms with van der Waals surface area (Å²) in [6.45, 7) is 0.552. The number of nitrogens with zero attached hydrogens (tertiary/aromatic N) is 2. The molecule has 138 valence electrons. The number of carbonyl (C=O) groups is 3. The number of fused-ring (bicyclic) bond motifs is 2. The molecule has 6 heteroatoms. The molecule has 4 rings (SSSR count). The van der Waals surface area contributed by atoms with Crippen LogP contribution in [0.1, 0.15) is 28.8 Å². The van der Waals surface area contributed by atoms with Crippen molar-refractivity contribution in [2.75, 3.05) is 6.54 Å². The normalized spacial score (nSPS) is 21.3. The van der Waals surface area contributed by atoms with Crippen LogP contribution in [-0.2, 0) is 16.1 Å². The Hall–Kier alpha value is -3.15. The quantitative estimate of drug-likeness (QED) is 0.783. The molecule has 0 N–H and O–H groups in total. The Kier molecular flexibility index (Phi) is 4.62. The lowest BCUT2D eigenvalue weighted by Gasteiger charge is -2.28. The summed E-state index contributed by atoms with van der Waals surface area (Å²) < 4.78 is 5.41. The van der Waals surface area contributed by atoms with Gasteiger partial charge in [0.05, 0.1) is 6.04 Å². The van der Waals surface area contributed by atoms with Crippen LogP contribution in [0.3, 0.4) is 0 Å². The molecule has 3 amide bonds. The highest BCUT2D eigenvalue weighted by Crippen LogP contribution is 2.31.